The Morgan fingerprint density at radius 2 is 1.91 bits per heavy atom. The SMILES string of the molecule is Fc1cccc(Cl)c1/C=N/N1CCN(c2ccccn2)CC1. The number of aromatic nitrogens is 1. The fraction of sp³-hybridized carbons (Fsp3) is 0.250. The predicted octanol–water partition coefficient (Wildman–Crippen LogP) is 3.03. The maximum atomic E-state index is 13.7. The molecule has 114 valence electrons. The molecule has 6 heteroatoms. The fourth-order valence-electron chi connectivity index (χ4n) is 2.35. The molecule has 1 aliphatic heterocycles. The summed E-state index contributed by atoms with van der Waals surface area (Å²) < 4.78 is 13.7. The minimum absolute atomic E-state index is 0.330. The molecule has 2 heterocycles. The molecule has 0 radical (unpaired) electrons. The second kappa shape index (κ2) is 6.75. The van der Waals surface area contributed by atoms with Gasteiger partial charge in [0.25, 0.3) is 0 Å². The molecule has 0 unspecified atom stereocenters. The van der Waals surface area contributed by atoms with Gasteiger partial charge in [-0.1, -0.05) is 23.7 Å². The third-order valence-electron chi connectivity index (χ3n) is 3.58. The smallest absolute Gasteiger partial charge is 0.133 e. The van der Waals surface area contributed by atoms with Crippen LogP contribution >= 0.6 is 11.6 Å². The van der Waals surface area contributed by atoms with Crippen LogP contribution in [0.3, 0.4) is 0 Å². The molecule has 2 aromatic rings. The number of hydrogen-bond acceptors (Lipinski definition) is 4. The van der Waals surface area contributed by atoms with E-state index in [-0.39, 0.29) is 5.82 Å². The largest absolute Gasteiger partial charge is 0.353 e. The van der Waals surface area contributed by atoms with E-state index in [1.54, 1.807) is 18.3 Å². The van der Waals surface area contributed by atoms with E-state index < -0.39 is 0 Å². The highest BCUT2D eigenvalue weighted by molar-refractivity contribution is 6.33. The van der Waals surface area contributed by atoms with E-state index in [2.05, 4.69) is 15.0 Å². The number of hydrazone groups is 1. The maximum absolute atomic E-state index is 13.7. The van der Waals surface area contributed by atoms with Crippen molar-refractivity contribution in [1.29, 1.82) is 0 Å². The average Bonchev–Trinajstić information content (AvgIpc) is 2.56. The highest BCUT2D eigenvalue weighted by atomic mass is 35.5. The Morgan fingerprint density at radius 1 is 1.09 bits per heavy atom. The lowest BCUT2D eigenvalue weighted by atomic mass is 10.2. The highest BCUT2D eigenvalue weighted by Gasteiger charge is 2.16. The molecule has 0 atom stereocenters. The van der Waals surface area contributed by atoms with Crippen molar-refractivity contribution in [1.82, 2.24) is 9.99 Å². The first kappa shape index (κ1) is 14.8. The lowest BCUT2D eigenvalue weighted by Crippen LogP contribution is -2.44. The normalized spacial score (nSPS) is 15.5. The zero-order valence-corrected chi connectivity index (χ0v) is 12.7. The summed E-state index contributed by atoms with van der Waals surface area (Å²) in [5, 5.41) is 6.63. The van der Waals surface area contributed by atoms with Crippen molar-refractivity contribution in [3.63, 3.8) is 0 Å². The van der Waals surface area contributed by atoms with Gasteiger partial charge in [-0.2, -0.15) is 5.10 Å². The van der Waals surface area contributed by atoms with Crippen LogP contribution in [-0.4, -0.2) is 42.4 Å². The second-order valence-corrected chi connectivity index (χ2v) is 5.42. The van der Waals surface area contributed by atoms with Gasteiger partial charge in [0.2, 0.25) is 0 Å². The molecular formula is C16H16ClFN4. The molecule has 0 spiro atoms. The van der Waals surface area contributed by atoms with E-state index in [9.17, 15) is 4.39 Å². The van der Waals surface area contributed by atoms with Crippen LogP contribution in [0.5, 0.6) is 0 Å². The number of rotatable bonds is 3. The number of nitrogens with zero attached hydrogens (tertiary/aromatic N) is 4. The Kier molecular flexibility index (Phi) is 4.53. The molecule has 1 saturated heterocycles. The number of benzene rings is 1. The van der Waals surface area contributed by atoms with Gasteiger partial charge in [0.15, 0.2) is 0 Å². The minimum atomic E-state index is -0.358. The summed E-state index contributed by atoms with van der Waals surface area (Å²) in [6, 6.07) is 10.5. The number of hydrogen-bond donors (Lipinski definition) is 0. The molecule has 0 aliphatic carbocycles. The van der Waals surface area contributed by atoms with Crippen molar-refractivity contribution < 1.29 is 4.39 Å². The van der Waals surface area contributed by atoms with E-state index >= 15 is 0 Å². The Morgan fingerprint density at radius 3 is 2.59 bits per heavy atom. The molecule has 1 aromatic heterocycles. The molecular weight excluding hydrogens is 303 g/mol. The fourth-order valence-corrected chi connectivity index (χ4v) is 2.57. The molecule has 22 heavy (non-hydrogen) atoms. The zero-order chi connectivity index (χ0) is 15.4. The first-order valence-corrected chi connectivity index (χ1v) is 7.51. The van der Waals surface area contributed by atoms with Crippen molar-refractivity contribution >= 4 is 23.6 Å². The first-order chi connectivity index (χ1) is 10.7. The summed E-state index contributed by atoms with van der Waals surface area (Å²) in [6.07, 6.45) is 3.29. The Hall–Kier alpha value is -2.14. The summed E-state index contributed by atoms with van der Waals surface area (Å²) in [5.74, 6) is 0.617. The van der Waals surface area contributed by atoms with Crippen LogP contribution in [0.25, 0.3) is 0 Å². The van der Waals surface area contributed by atoms with Crippen LogP contribution in [0.15, 0.2) is 47.7 Å². The monoisotopic (exact) mass is 318 g/mol. The molecule has 4 nitrogen and oxygen atoms in total. The lowest BCUT2D eigenvalue weighted by molar-refractivity contribution is 0.271. The minimum Gasteiger partial charge on any atom is -0.353 e. The summed E-state index contributed by atoms with van der Waals surface area (Å²) in [6.45, 7) is 3.19. The predicted molar refractivity (Wildman–Crippen MR) is 87.0 cm³/mol. The van der Waals surface area contributed by atoms with Crippen LogP contribution in [0.1, 0.15) is 5.56 Å². The van der Waals surface area contributed by atoms with E-state index in [0.717, 1.165) is 32.0 Å². The average molecular weight is 319 g/mol. The summed E-state index contributed by atoms with van der Waals surface area (Å²) >= 11 is 5.98. The van der Waals surface area contributed by atoms with E-state index in [0.29, 0.717) is 10.6 Å². The van der Waals surface area contributed by atoms with Gasteiger partial charge >= 0.3 is 0 Å². The maximum Gasteiger partial charge on any atom is 0.133 e. The second-order valence-electron chi connectivity index (χ2n) is 5.01. The zero-order valence-electron chi connectivity index (χ0n) is 12.0. The van der Waals surface area contributed by atoms with Gasteiger partial charge in [0.1, 0.15) is 11.6 Å². The first-order valence-electron chi connectivity index (χ1n) is 7.13. The third kappa shape index (κ3) is 3.36. The van der Waals surface area contributed by atoms with Gasteiger partial charge in [-0.3, -0.25) is 5.01 Å². The van der Waals surface area contributed by atoms with Crippen LogP contribution < -0.4 is 4.90 Å². The molecule has 0 bridgehead atoms. The topological polar surface area (TPSA) is 31.7 Å². The van der Waals surface area contributed by atoms with E-state index in [1.165, 1.54) is 12.3 Å². The third-order valence-corrected chi connectivity index (χ3v) is 3.91. The number of piperazine rings is 1. The Bertz CT molecular complexity index is 634. The molecule has 0 saturated carbocycles. The number of pyridine rings is 1. The Balaban J connectivity index is 1.61. The molecule has 1 fully saturated rings. The van der Waals surface area contributed by atoms with Crippen LogP contribution in [0.4, 0.5) is 10.2 Å². The van der Waals surface area contributed by atoms with Crippen molar-refractivity contribution in [3.8, 4) is 0 Å². The quantitative estimate of drug-likeness (QED) is 0.815. The van der Waals surface area contributed by atoms with E-state index in [1.807, 2.05) is 23.2 Å². The molecule has 1 aromatic carbocycles. The lowest BCUT2D eigenvalue weighted by Gasteiger charge is -2.33. The molecule has 0 amide bonds. The van der Waals surface area contributed by atoms with Gasteiger partial charge in [0.05, 0.1) is 24.3 Å². The van der Waals surface area contributed by atoms with Crippen LogP contribution in [0, 0.1) is 5.82 Å². The molecule has 0 N–H and O–H groups in total. The number of anilines is 1. The van der Waals surface area contributed by atoms with Crippen molar-refractivity contribution in [2.45, 2.75) is 0 Å². The molecule has 3 rings (SSSR count). The van der Waals surface area contributed by atoms with Gasteiger partial charge in [-0.05, 0) is 24.3 Å². The van der Waals surface area contributed by atoms with Crippen molar-refractivity contribution in [2.24, 2.45) is 5.10 Å². The summed E-state index contributed by atoms with van der Waals surface area (Å²) in [5.41, 5.74) is 0.330. The van der Waals surface area contributed by atoms with E-state index in [4.69, 9.17) is 11.6 Å². The highest BCUT2D eigenvalue weighted by Crippen LogP contribution is 2.17. The van der Waals surface area contributed by atoms with Crippen molar-refractivity contribution in [3.05, 3.63) is 59.0 Å². The van der Waals surface area contributed by atoms with Crippen molar-refractivity contribution in [2.75, 3.05) is 31.1 Å². The summed E-state index contributed by atoms with van der Waals surface area (Å²) in [7, 11) is 0. The van der Waals surface area contributed by atoms with Crippen LogP contribution in [-0.2, 0) is 0 Å². The van der Waals surface area contributed by atoms with Gasteiger partial charge in [0, 0.05) is 24.8 Å². The summed E-state index contributed by atoms with van der Waals surface area (Å²) in [4.78, 5) is 6.56. The van der Waals surface area contributed by atoms with Gasteiger partial charge < -0.3 is 4.90 Å². The van der Waals surface area contributed by atoms with Crippen LogP contribution in [0.2, 0.25) is 5.02 Å². The Labute approximate surface area is 133 Å². The van der Waals surface area contributed by atoms with Gasteiger partial charge in [-0.15, -0.1) is 0 Å². The number of halogens is 2. The van der Waals surface area contributed by atoms with Gasteiger partial charge in [-0.25, -0.2) is 9.37 Å². The standard InChI is InChI=1S/C16H16ClFN4/c17-14-4-3-5-15(18)13(14)12-20-22-10-8-21(9-11-22)16-6-1-2-7-19-16/h1-7,12H,8-11H2/b20-12+. The molecule has 1 aliphatic rings.